The van der Waals surface area contributed by atoms with Gasteiger partial charge in [0.1, 0.15) is 17.9 Å². The average Bonchev–Trinajstić information content (AvgIpc) is 2.92. The Morgan fingerprint density at radius 1 is 1.12 bits per heavy atom. The maximum absolute atomic E-state index is 11.1. The van der Waals surface area contributed by atoms with Gasteiger partial charge in [-0.2, -0.15) is 0 Å². The standard InChI is InChI=1S/C13H15NO5.C2H4O2.C2H6/c15-11(16)6-9-10(7-14-12(9)13(17)18)19-8-4-2-1-3-5-8;1-2(3)4;1-2/h1-5,9-10,12,14H,6-7H2,(H,15,16)(H,17,18);1H3,(H,3,4);1-2H3/t9-,10?,12-;;/m0../s1. The van der Waals surface area contributed by atoms with E-state index in [1.165, 1.54) is 0 Å². The summed E-state index contributed by atoms with van der Waals surface area (Å²) in [6.07, 6.45) is -0.693. The number of carboxylic acid groups (broad SMARTS) is 3. The quantitative estimate of drug-likeness (QED) is 0.627. The van der Waals surface area contributed by atoms with E-state index in [1.54, 1.807) is 24.3 Å². The Bertz CT molecular complexity index is 543. The van der Waals surface area contributed by atoms with Crippen LogP contribution in [-0.2, 0) is 14.4 Å². The number of rotatable bonds is 5. The summed E-state index contributed by atoms with van der Waals surface area (Å²) in [5.41, 5.74) is 0. The molecule has 8 nitrogen and oxygen atoms in total. The summed E-state index contributed by atoms with van der Waals surface area (Å²) >= 11 is 0. The van der Waals surface area contributed by atoms with Gasteiger partial charge < -0.3 is 25.4 Å². The average molecular weight is 355 g/mol. The Balaban J connectivity index is 0.000000845. The first-order valence-electron chi connectivity index (χ1n) is 7.90. The molecule has 0 aromatic heterocycles. The van der Waals surface area contributed by atoms with Crippen molar-refractivity contribution in [3.63, 3.8) is 0 Å². The van der Waals surface area contributed by atoms with Crippen molar-refractivity contribution in [1.82, 2.24) is 5.32 Å². The van der Waals surface area contributed by atoms with Crippen molar-refractivity contribution < 1.29 is 34.4 Å². The number of carbonyl (C=O) groups is 3. The van der Waals surface area contributed by atoms with Gasteiger partial charge >= 0.3 is 11.9 Å². The minimum absolute atomic E-state index is 0.235. The van der Waals surface area contributed by atoms with Crippen LogP contribution in [0.1, 0.15) is 27.2 Å². The van der Waals surface area contributed by atoms with Crippen LogP contribution >= 0.6 is 0 Å². The van der Waals surface area contributed by atoms with Gasteiger partial charge in [0.2, 0.25) is 0 Å². The molecule has 4 N–H and O–H groups in total. The smallest absolute Gasteiger partial charge is 0.321 e. The minimum Gasteiger partial charge on any atom is -0.489 e. The van der Waals surface area contributed by atoms with E-state index >= 15 is 0 Å². The fraction of sp³-hybridized carbons (Fsp3) is 0.471. The van der Waals surface area contributed by atoms with Crippen molar-refractivity contribution >= 4 is 17.9 Å². The van der Waals surface area contributed by atoms with Gasteiger partial charge in [0, 0.05) is 19.4 Å². The number of nitrogens with one attached hydrogen (secondary N) is 1. The van der Waals surface area contributed by atoms with Crippen LogP contribution in [-0.4, -0.2) is 51.9 Å². The minimum atomic E-state index is -1.05. The van der Waals surface area contributed by atoms with Crippen LogP contribution in [0, 0.1) is 5.92 Å². The highest BCUT2D eigenvalue weighted by molar-refractivity contribution is 5.76. The Labute approximate surface area is 146 Å². The lowest BCUT2D eigenvalue weighted by molar-refractivity contribution is -0.143. The lowest BCUT2D eigenvalue weighted by Gasteiger charge is -2.21. The summed E-state index contributed by atoms with van der Waals surface area (Å²) in [6.45, 7) is 5.41. The van der Waals surface area contributed by atoms with E-state index in [0.717, 1.165) is 6.92 Å². The van der Waals surface area contributed by atoms with Crippen LogP contribution in [0.25, 0.3) is 0 Å². The third-order valence-corrected chi connectivity index (χ3v) is 3.15. The molecule has 0 aliphatic carbocycles. The third kappa shape index (κ3) is 8.71. The molecule has 8 heteroatoms. The summed E-state index contributed by atoms with van der Waals surface area (Å²) in [5, 5.41) is 28.2. The van der Waals surface area contributed by atoms with Crippen LogP contribution in [0.5, 0.6) is 5.75 Å². The molecule has 0 radical (unpaired) electrons. The van der Waals surface area contributed by atoms with Gasteiger partial charge in [-0.15, -0.1) is 0 Å². The first kappa shape index (κ1) is 22.4. The molecule has 0 saturated carbocycles. The highest BCUT2D eigenvalue weighted by Gasteiger charge is 2.42. The SMILES string of the molecule is CC.CC(=O)O.O=C(O)C[C@H]1C(Oc2ccccc2)CN[C@@H]1C(=O)O. The van der Waals surface area contributed by atoms with E-state index in [1.807, 2.05) is 19.9 Å². The van der Waals surface area contributed by atoms with Gasteiger partial charge in [0.25, 0.3) is 5.97 Å². The fourth-order valence-corrected chi connectivity index (χ4v) is 2.28. The molecular weight excluding hydrogens is 330 g/mol. The topological polar surface area (TPSA) is 133 Å². The lowest BCUT2D eigenvalue weighted by atomic mass is 9.94. The molecule has 25 heavy (non-hydrogen) atoms. The predicted octanol–water partition coefficient (Wildman–Crippen LogP) is 1.70. The van der Waals surface area contributed by atoms with E-state index in [9.17, 15) is 9.59 Å². The molecule has 1 unspecified atom stereocenters. The molecule has 0 amide bonds. The molecule has 1 aromatic rings. The zero-order chi connectivity index (χ0) is 19.4. The molecule has 0 spiro atoms. The summed E-state index contributed by atoms with van der Waals surface area (Å²) in [4.78, 5) is 30.9. The number of aliphatic carboxylic acids is 3. The molecule has 1 aromatic carbocycles. The maximum atomic E-state index is 11.1. The molecule has 1 saturated heterocycles. The van der Waals surface area contributed by atoms with E-state index in [0.29, 0.717) is 12.3 Å². The number of carboxylic acids is 3. The maximum Gasteiger partial charge on any atom is 0.321 e. The van der Waals surface area contributed by atoms with Gasteiger partial charge in [-0.25, -0.2) is 0 Å². The number of para-hydroxylation sites is 1. The van der Waals surface area contributed by atoms with Crippen molar-refractivity contribution in [1.29, 1.82) is 0 Å². The molecule has 2 rings (SSSR count). The summed E-state index contributed by atoms with van der Waals surface area (Å²) in [5.74, 6) is -2.89. The number of hydrogen-bond acceptors (Lipinski definition) is 5. The molecule has 1 fully saturated rings. The van der Waals surface area contributed by atoms with Crippen molar-refractivity contribution in [3.05, 3.63) is 30.3 Å². The van der Waals surface area contributed by atoms with Gasteiger partial charge in [-0.05, 0) is 12.1 Å². The Hall–Kier alpha value is -2.61. The fourth-order valence-electron chi connectivity index (χ4n) is 2.28. The van der Waals surface area contributed by atoms with Crippen molar-refractivity contribution in [2.24, 2.45) is 5.92 Å². The molecule has 3 atom stereocenters. The van der Waals surface area contributed by atoms with Crippen molar-refractivity contribution in [2.75, 3.05) is 6.54 Å². The van der Waals surface area contributed by atoms with Crippen LogP contribution in [0.3, 0.4) is 0 Å². The second kappa shape index (κ2) is 11.9. The van der Waals surface area contributed by atoms with E-state index < -0.39 is 36.0 Å². The second-order valence-electron chi connectivity index (χ2n) is 4.97. The van der Waals surface area contributed by atoms with Crippen LogP contribution in [0.2, 0.25) is 0 Å². The monoisotopic (exact) mass is 355 g/mol. The normalized spacial score (nSPS) is 21.0. The third-order valence-electron chi connectivity index (χ3n) is 3.15. The Morgan fingerprint density at radius 3 is 2.08 bits per heavy atom. The second-order valence-corrected chi connectivity index (χ2v) is 4.97. The first-order chi connectivity index (χ1) is 11.8. The van der Waals surface area contributed by atoms with Gasteiger partial charge in [0.15, 0.2) is 0 Å². The highest BCUT2D eigenvalue weighted by Crippen LogP contribution is 2.25. The first-order valence-corrected chi connectivity index (χ1v) is 7.90. The molecular formula is C17H25NO7. The number of ether oxygens (including phenoxy) is 1. The van der Waals surface area contributed by atoms with Gasteiger partial charge in [0.05, 0.1) is 6.42 Å². The molecule has 0 bridgehead atoms. The Kier molecular flexibility index (Phi) is 10.6. The summed E-state index contributed by atoms with van der Waals surface area (Å²) in [7, 11) is 0. The molecule has 1 aliphatic heterocycles. The van der Waals surface area contributed by atoms with Crippen LogP contribution < -0.4 is 10.1 Å². The summed E-state index contributed by atoms with van der Waals surface area (Å²) < 4.78 is 5.68. The largest absolute Gasteiger partial charge is 0.489 e. The van der Waals surface area contributed by atoms with E-state index in [4.69, 9.17) is 24.9 Å². The van der Waals surface area contributed by atoms with E-state index in [2.05, 4.69) is 5.32 Å². The number of benzene rings is 1. The zero-order valence-electron chi connectivity index (χ0n) is 14.5. The van der Waals surface area contributed by atoms with Crippen LogP contribution in [0.15, 0.2) is 30.3 Å². The number of hydrogen-bond donors (Lipinski definition) is 4. The molecule has 1 aliphatic rings. The van der Waals surface area contributed by atoms with E-state index in [-0.39, 0.29) is 6.42 Å². The van der Waals surface area contributed by atoms with Crippen molar-refractivity contribution in [2.45, 2.75) is 39.3 Å². The predicted molar refractivity (Wildman–Crippen MR) is 90.7 cm³/mol. The summed E-state index contributed by atoms with van der Waals surface area (Å²) in [6, 6.07) is 8.08. The van der Waals surface area contributed by atoms with Gasteiger partial charge in [-0.3, -0.25) is 14.4 Å². The molecule has 140 valence electrons. The van der Waals surface area contributed by atoms with Crippen LogP contribution in [0.4, 0.5) is 0 Å². The van der Waals surface area contributed by atoms with Crippen molar-refractivity contribution in [3.8, 4) is 5.75 Å². The van der Waals surface area contributed by atoms with Gasteiger partial charge in [-0.1, -0.05) is 32.0 Å². The lowest BCUT2D eigenvalue weighted by Crippen LogP contribution is -2.38. The molecule has 1 heterocycles. The zero-order valence-corrected chi connectivity index (χ0v) is 14.5. The highest BCUT2D eigenvalue weighted by atomic mass is 16.5. The Morgan fingerprint density at radius 2 is 1.64 bits per heavy atom.